The molecule has 0 saturated heterocycles. The van der Waals surface area contributed by atoms with Crippen molar-refractivity contribution in [1.82, 2.24) is 10.2 Å². The van der Waals surface area contributed by atoms with Gasteiger partial charge >= 0.3 is 0 Å². The molecule has 0 aliphatic heterocycles. The number of anilines is 1. The highest BCUT2D eigenvalue weighted by molar-refractivity contribution is 7.92. The van der Waals surface area contributed by atoms with Crippen molar-refractivity contribution in [2.24, 2.45) is 5.92 Å². The van der Waals surface area contributed by atoms with Crippen molar-refractivity contribution in [3.05, 3.63) is 131 Å². The third-order valence-electron chi connectivity index (χ3n) is 7.31. The van der Waals surface area contributed by atoms with E-state index >= 15 is 0 Å². The number of benzene rings is 4. The fourth-order valence-electron chi connectivity index (χ4n) is 4.85. The van der Waals surface area contributed by atoms with E-state index in [-0.39, 0.29) is 24.8 Å². The Bertz CT molecular complexity index is 1680. The topological polar surface area (TPSA) is 96.0 Å². The minimum atomic E-state index is -3.90. The molecule has 1 atom stereocenters. The number of carbonyl (C=O) groups excluding carboxylic acids is 2. The zero-order valence-electron chi connectivity index (χ0n) is 26.3. The summed E-state index contributed by atoms with van der Waals surface area (Å²) in [6.45, 7) is 4.24. The zero-order valence-corrected chi connectivity index (χ0v) is 27.9. The fraction of sp³-hybridized carbons (Fsp3) is 0.278. The van der Waals surface area contributed by atoms with Crippen molar-refractivity contribution in [3.63, 3.8) is 0 Å². The Kier molecular flexibility index (Phi) is 12.2. The molecule has 4 aromatic rings. The maximum atomic E-state index is 14.3. The van der Waals surface area contributed by atoms with E-state index in [4.69, 9.17) is 16.3 Å². The average Bonchev–Trinajstić information content (AvgIpc) is 3.04. The highest BCUT2D eigenvalue weighted by atomic mass is 35.5. The third-order valence-corrected chi connectivity index (χ3v) is 8.82. The van der Waals surface area contributed by atoms with Gasteiger partial charge in [0.15, 0.2) is 0 Å². The van der Waals surface area contributed by atoms with Crippen LogP contribution in [-0.4, -0.2) is 50.5 Å². The van der Waals surface area contributed by atoms with E-state index in [1.165, 1.54) is 4.90 Å². The molecule has 0 radical (unpaired) electrons. The highest BCUT2D eigenvalue weighted by Crippen LogP contribution is 2.25. The number of hydrogen-bond acceptors (Lipinski definition) is 5. The monoisotopic (exact) mass is 661 g/mol. The Hall–Kier alpha value is -4.34. The Morgan fingerprint density at radius 2 is 1.41 bits per heavy atom. The van der Waals surface area contributed by atoms with Crippen LogP contribution < -0.4 is 14.4 Å². The summed E-state index contributed by atoms with van der Waals surface area (Å²) in [5.74, 6) is -0.133. The van der Waals surface area contributed by atoms with Gasteiger partial charge in [-0.05, 0) is 52.9 Å². The number of nitrogens with zero attached hydrogens (tertiary/aromatic N) is 2. The molecule has 1 N–H and O–H groups in total. The second kappa shape index (κ2) is 16.3. The molecule has 0 aromatic heterocycles. The second-order valence-electron chi connectivity index (χ2n) is 11.5. The van der Waals surface area contributed by atoms with Crippen LogP contribution in [0, 0.1) is 5.92 Å². The van der Waals surface area contributed by atoms with Crippen LogP contribution in [-0.2, 0) is 39.2 Å². The molecule has 0 saturated carbocycles. The summed E-state index contributed by atoms with van der Waals surface area (Å²) >= 11 is 6.52. The van der Waals surface area contributed by atoms with E-state index in [0.717, 1.165) is 21.7 Å². The first-order valence-electron chi connectivity index (χ1n) is 15.1. The summed E-state index contributed by atoms with van der Waals surface area (Å²) in [6.07, 6.45) is 1.28. The van der Waals surface area contributed by atoms with E-state index in [0.29, 0.717) is 35.2 Å². The van der Waals surface area contributed by atoms with Crippen LogP contribution in [0.5, 0.6) is 5.75 Å². The molecule has 2 amide bonds. The Morgan fingerprint density at radius 1 is 0.826 bits per heavy atom. The molecule has 0 unspecified atom stereocenters. The van der Waals surface area contributed by atoms with Crippen LogP contribution in [0.4, 0.5) is 5.69 Å². The fourth-order valence-corrected chi connectivity index (χ4v) is 5.89. The van der Waals surface area contributed by atoms with Gasteiger partial charge in [-0.15, -0.1) is 0 Å². The molecule has 0 aliphatic carbocycles. The first kappa shape index (κ1) is 34.5. The van der Waals surface area contributed by atoms with Crippen molar-refractivity contribution in [2.45, 2.75) is 39.5 Å². The first-order chi connectivity index (χ1) is 22.0. The lowest BCUT2D eigenvalue weighted by atomic mass is 10.0. The minimum absolute atomic E-state index is 0.00890. The van der Waals surface area contributed by atoms with Gasteiger partial charge in [0.1, 0.15) is 24.9 Å². The lowest BCUT2D eigenvalue weighted by molar-refractivity contribution is -0.140. The molecule has 46 heavy (non-hydrogen) atoms. The molecule has 0 bridgehead atoms. The summed E-state index contributed by atoms with van der Waals surface area (Å²) in [5, 5.41) is 3.41. The number of carbonyl (C=O) groups is 2. The van der Waals surface area contributed by atoms with Crippen LogP contribution >= 0.6 is 11.6 Å². The molecule has 10 heteroatoms. The number of amides is 2. The van der Waals surface area contributed by atoms with Crippen molar-refractivity contribution < 1.29 is 22.7 Å². The third kappa shape index (κ3) is 10.1. The quantitative estimate of drug-likeness (QED) is 0.166. The normalized spacial score (nSPS) is 11.9. The first-order valence-corrected chi connectivity index (χ1v) is 17.3. The van der Waals surface area contributed by atoms with Gasteiger partial charge in [0.05, 0.1) is 11.9 Å². The number of halogens is 1. The van der Waals surface area contributed by atoms with Crippen molar-refractivity contribution in [3.8, 4) is 5.75 Å². The molecule has 0 spiro atoms. The predicted molar refractivity (Wildman–Crippen MR) is 183 cm³/mol. The molecular weight excluding hydrogens is 622 g/mol. The maximum Gasteiger partial charge on any atom is 0.244 e. The van der Waals surface area contributed by atoms with Crippen molar-refractivity contribution in [1.29, 1.82) is 0 Å². The Labute approximate surface area is 277 Å². The summed E-state index contributed by atoms with van der Waals surface area (Å²) in [6, 6.07) is 31.8. The smallest absolute Gasteiger partial charge is 0.244 e. The number of rotatable bonds is 15. The van der Waals surface area contributed by atoms with Gasteiger partial charge in [0.25, 0.3) is 0 Å². The molecular formula is C36H40ClN3O5S. The number of nitrogens with one attached hydrogen (secondary N) is 1. The minimum Gasteiger partial charge on any atom is -0.489 e. The predicted octanol–water partition coefficient (Wildman–Crippen LogP) is 6.10. The average molecular weight is 662 g/mol. The molecule has 4 rings (SSSR count). The van der Waals surface area contributed by atoms with Crippen LogP contribution in [0.25, 0.3) is 0 Å². The van der Waals surface area contributed by atoms with Gasteiger partial charge in [-0.1, -0.05) is 104 Å². The van der Waals surface area contributed by atoms with E-state index in [9.17, 15) is 18.0 Å². The summed E-state index contributed by atoms with van der Waals surface area (Å²) in [4.78, 5) is 29.4. The number of sulfonamides is 1. The number of ether oxygens (including phenoxy) is 1. The van der Waals surface area contributed by atoms with Crippen LogP contribution in [0.2, 0.25) is 5.02 Å². The molecule has 8 nitrogen and oxygen atoms in total. The van der Waals surface area contributed by atoms with Crippen molar-refractivity contribution in [2.75, 3.05) is 23.7 Å². The van der Waals surface area contributed by atoms with Gasteiger partial charge in [-0.25, -0.2) is 8.42 Å². The van der Waals surface area contributed by atoms with Crippen molar-refractivity contribution >= 4 is 39.1 Å². The lowest BCUT2D eigenvalue weighted by Crippen LogP contribution is -2.53. The van der Waals surface area contributed by atoms with E-state index in [2.05, 4.69) is 5.32 Å². The van der Waals surface area contributed by atoms with Gasteiger partial charge < -0.3 is 15.0 Å². The van der Waals surface area contributed by atoms with E-state index in [1.807, 2.05) is 74.5 Å². The molecule has 242 valence electrons. The molecule has 0 heterocycles. The summed E-state index contributed by atoms with van der Waals surface area (Å²) < 4.78 is 33.1. The zero-order chi connectivity index (χ0) is 33.1. The van der Waals surface area contributed by atoms with Gasteiger partial charge in [0, 0.05) is 24.5 Å². The van der Waals surface area contributed by atoms with Crippen LogP contribution in [0.3, 0.4) is 0 Å². The van der Waals surface area contributed by atoms with Gasteiger partial charge in [-0.2, -0.15) is 0 Å². The molecule has 0 aliphatic rings. The molecule has 4 aromatic carbocycles. The van der Waals surface area contributed by atoms with E-state index in [1.54, 1.807) is 48.5 Å². The van der Waals surface area contributed by atoms with E-state index < -0.39 is 28.5 Å². The van der Waals surface area contributed by atoms with Gasteiger partial charge in [0.2, 0.25) is 21.8 Å². The second-order valence-corrected chi connectivity index (χ2v) is 13.8. The Balaban J connectivity index is 1.64. The van der Waals surface area contributed by atoms with Crippen LogP contribution in [0.15, 0.2) is 109 Å². The number of hydrogen-bond donors (Lipinski definition) is 1. The lowest BCUT2D eigenvalue weighted by Gasteiger charge is -2.34. The molecule has 0 fully saturated rings. The standard InChI is InChI=1S/C36H40ClN3O5S/c1-27(2)23-38-36(42)34(22-28-12-6-4-7-13-28)39(24-30-16-10-11-17-33(30)37)35(41)25-40(46(3,43)44)31-18-20-32(21-19-31)45-26-29-14-8-5-9-15-29/h4-21,27,34H,22-26H2,1-3H3,(H,38,42)/t34-/m0/s1. The summed E-state index contributed by atoms with van der Waals surface area (Å²) in [7, 11) is -3.90. The summed E-state index contributed by atoms with van der Waals surface area (Å²) in [5.41, 5.74) is 2.79. The van der Waals surface area contributed by atoms with Crippen LogP contribution in [0.1, 0.15) is 30.5 Å². The Morgan fingerprint density at radius 3 is 2.00 bits per heavy atom. The largest absolute Gasteiger partial charge is 0.489 e. The van der Waals surface area contributed by atoms with Gasteiger partial charge in [-0.3, -0.25) is 13.9 Å². The SMILES string of the molecule is CC(C)CNC(=O)[C@H](Cc1ccccc1)N(Cc1ccccc1Cl)C(=O)CN(c1ccc(OCc2ccccc2)cc1)S(C)(=O)=O. The highest BCUT2D eigenvalue weighted by Gasteiger charge is 2.33. The maximum absolute atomic E-state index is 14.3.